The summed E-state index contributed by atoms with van der Waals surface area (Å²) >= 11 is 5.59. The Morgan fingerprint density at radius 3 is 1.22 bits per heavy atom. The Morgan fingerprint density at radius 2 is 0.844 bits per heavy atom. The van der Waals surface area contributed by atoms with Gasteiger partial charge in [0.15, 0.2) is 5.78 Å². The minimum atomic E-state index is -0.574. The number of ketones is 1. The van der Waals surface area contributed by atoms with Crippen molar-refractivity contribution in [2.45, 2.75) is 12.3 Å². The van der Waals surface area contributed by atoms with Crippen LogP contribution in [-0.2, 0) is 5.41 Å². The molecule has 0 N–H and O–H groups in total. The van der Waals surface area contributed by atoms with Gasteiger partial charge < -0.3 is 9.47 Å². The van der Waals surface area contributed by atoms with Gasteiger partial charge in [-0.25, -0.2) is 0 Å². The molecule has 0 spiro atoms. The van der Waals surface area contributed by atoms with Crippen molar-refractivity contribution in [1.29, 1.82) is 0 Å². The number of carbonyl (C=O) groups is 2. The summed E-state index contributed by atoms with van der Waals surface area (Å²) in [6.45, 7) is 1.55. The summed E-state index contributed by atoms with van der Waals surface area (Å²) in [7, 11) is 0. The number of halogens is 1. The average Bonchev–Trinajstić information content (AvgIpc) is 3.37. The van der Waals surface area contributed by atoms with E-state index in [1.165, 1.54) is 22.3 Å². The van der Waals surface area contributed by atoms with Gasteiger partial charge in [0.2, 0.25) is 0 Å². The van der Waals surface area contributed by atoms with Gasteiger partial charge >= 0.3 is 0 Å². The summed E-state index contributed by atoms with van der Waals surface area (Å²) in [5.41, 5.74) is 7.51. The van der Waals surface area contributed by atoms with Crippen LogP contribution in [0.15, 0.2) is 146 Å². The second kappa shape index (κ2) is 11.6. The van der Waals surface area contributed by atoms with E-state index in [0.29, 0.717) is 34.1 Å². The highest BCUT2D eigenvalue weighted by Gasteiger charge is 2.45. The second-order valence-electron chi connectivity index (χ2n) is 11.0. The van der Waals surface area contributed by atoms with Gasteiger partial charge in [-0.05, 0) is 125 Å². The Bertz CT molecular complexity index is 1880. The lowest BCUT2D eigenvalue weighted by Crippen LogP contribution is -2.28. The molecule has 0 unspecified atom stereocenters. The smallest absolute Gasteiger partial charge is 0.252 e. The number of hydrogen-bond donors (Lipinski definition) is 0. The van der Waals surface area contributed by atoms with Crippen molar-refractivity contribution in [3.8, 4) is 34.1 Å². The lowest BCUT2D eigenvalue weighted by molar-refractivity contribution is 0.101. The molecule has 0 fully saturated rings. The fourth-order valence-corrected chi connectivity index (χ4v) is 6.38. The van der Waals surface area contributed by atoms with E-state index >= 15 is 0 Å². The van der Waals surface area contributed by atoms with E-state index in [4.69, 9.17) is 21.1 Å². The Balaban J connectivity index is 1.28. The van der Waals surface area contributed by atoms with Gasteiger partial charge in [0, 0.05) is 11.1 Å². The molecule has 1 aliphatic rings. The van der Waals surface area contributed by atoms with Crippen molar-refractivity contribution in [3.63, 3.8) is 0 Å². The van der Waals surface area contributed by atoms with E-state index in [9.17, 15) is 9.59 Å². The Morgan fingerprint density at radius 1 is 0.489 bits per heavy atom. The molecule has 0 saturated carbocycles. The van der Waals surface area contributed by atoms with Gasteiger partial charge in [0.05, 0.1) is 5.41 Å². The van der Waals surface area contributed by atoms with E-state index in [2.05, 4.69) is 72.8 Å². The maximum absolute atomic E-state index is 11.7. The lowest BCUT2D eigenvalue weighted by atomic mass is 9.68. The maximum Gasteiger partial charge on any atom is 0.252 e. The van der Waals surface area contributed by atoms with Crippen molar-refractivity contribution < 1.29 is 19.1 Å². The molecule has 218 valence electrons. The van der Waals surface area contributed by atoms with Gasteiger partial charge in [0.1, 0.15) is 23.0 Å². The first-order valence-corrected chi connectivity index (χ1v) is 15.0. The fourth-order valence-electron chi connectivity index (χ4n) is 6.25. The van der Waals surface area contributed by atoms with Crippen LogP contribution < -0.4 is 9.47 Å². The molecule has 0 bridgehead atoms. The molecule has 45 heavy (non-hydrogen) atoms. The highest BCUT2D eigenvalue weighted by molar-refractivity contribution is 6.67. The largest absolute Gasteiger partial charge is 0.457 e. The molecule has 7 rings (SSSR count). The fraction of sp³-hybridized carbons (Fsp3) is 0.0500. The van der Waals surface area contributed by atoms with Crippen molar-refractivity contribution in [1.82, 2.24) is 0 Å². The predicted octanol–water partition coefficient (Wildman–Crippen LogP) is 10.2. The molecule has 0 amide bonds. The summed E-state index contributed by atoms with van der Waals surface area (Å²) in [5, 5.41) is -0.503. The topological polar surface area (TPSA) is 52.6 Å². The Labute approximate surface area is 266 Å². The summed E-state index contributed by atoms with van der Waals surface area (Å²) in [4.78, 5) is 23.1. The molecular weight excluding hydrogens is 580 g/mol. The standard InChI is InChI=1S/C40H27ClO4/c1-26(42)27-10-18-31(19-11-27)44-33-22-14-29(15-23-33)40(37-8-4-2-6-35(37)36-7-3-5-9-38(36)40)30-16-24-34(25-17-30)45-32-20-12-28(13-21-32)39(41)43/h2-25H,1H3. The summed E-state index contributed by atoms with van der Waals surface area (Å²) in [6.07, 6.45) is 0. The van der Waals surface area contributed by atoms with Crippen LogP contribution in [0, 0.1) is 0 Å². The number of hydrogen-bond acceptors (Lipinski definition) is 4. The van der Waals surface area contributed by atoms with E-state index in [1.54, 1.807) is 43.3 Å². The van der Waals surface area contributed by atoms with Crippen molar-refractivity contribution >= 4 is 22.6 Å². The second-order valence-corrected chi connectivity index (χ2v) is 11.3. The van der Waals surface area contributed by atoms with Crippen LogP contribution in [0.25, 0.3) is 11.1 Å². The normalized spacial score (nSPS) is 12.6. The first-order valence-electron chi connectivity index (χ1n) is 14.6. The van der Waals surface area contributed by atoms with E-state index in [-0.39, 0.29) is 5.78 Å². The van der Waals surface area contributed by atoms with Gasteiger partial charge in [-0.15, -0.1) is 0 Å². The van der Waals surface area contributed by atoms with E-state index in [1.807, 2.05) is 36.4 Å². The van der Waals surface area contributed by atoms with Crippen molar-refractivity contribution in [3.05, 3.63) is 179 Å². The average molecular weight is 607 g/mol. The Kier molecular flexibility index (Phi) is 7.28. The molecule has 0 atom stereocenters. The Hall–Kier alpha value is -5.45. The van der Waals surface area contributed by atoms with Gasteiger partial charge in [0.25, 0.3) is 5.24 Å². The van der Waals surface area contributed by atoms with Crippen LogP contribution in [-0.4, -0.2) is 11.0 Å². The van der Waals surface area contributed by atoms with Crippen LogP contribution in [0.5, 0.6) is 23.0 Å². The summed E-state index contributed by atoms with van der Waals surface area (Å²) < 4.78 is 12.3. The molecule has 0 aliphatic heterocycles. The van der Waals surface area contributed by atoms with Crippen molar-refractivity contribution in [2.24, 2.45) is 0 Å². The minimum Gasteiger partial charge on any atom is -0.457 e. The monoisotopic (exact) mass is 606 g/mol. The number of carbonyl (C=O) groups excluding carboxylic acids is 2. The molecule has 0 radical (unpaired) electrons. The first-order chi connectivity index (χ1) is 21.9. The molecule has 1 aliphatic carbocycles. The third-order valence-corrected chi connectivity index (χ3v) is 8.56. The van der Waals surface area contributed by atoms with Crippen LogP contribution in [0.2, 0.25) is 0 Å². The lowest BCUT2D eigenvalue weighted by Gasteiger charge is -2.34. The summed E-state index contributed by atoms with van der Waals surface area (Å²) in [6, 6.07) is 47.5. The SMILES string of the molecule is CC(=O)c1ccc(Oc2ccc(C3(c4ccc(Oc5ccc(C(=O)Cl)cc5)cc4)c4ccccc4-c4ccccc43)cc2)cc1. The molecule has 6 aromatic carbocycles. The molecular formula is C40H27ClO4. The minimum absolute atomic E-state index is 0.0199. The summed E-state index contributed by atoms with van der Waals surface area (Å²) in [5.74, 6) is 2.68. The molecule has 6 aromatic rings. The molecule has 0 heterocycles. The molecule has 5 heteroatoms. The molecule has 4 nitrogen and oxygen atoms in total. The zero-order chi connectivity index (χ0) is 31.0. The van der Waals surface area contributed by atoms with Gasteiger partial charge in [-0.3, -0.25) is 9.59 Å². The number of fused-ring (bicyclic) bond motifs is 3. The number of Topliss-reactive ketones (excluding diaryl/α,β-unsaturated/α-hetero) is 1. The molecule has 0 aromatic heterocycles. The van der Waals surface area contributed by atoms with Crippen LogP contribution in [0.3, 0.4) is 0 Å². The van der Waals surface area contributed by atoms with E-state index in [0.717, 1.165) is 11.1 Å². The number of ether oxygens (including phenoxy) is 2. The third kappa shape index (κ3) is 5.09. The number of rotatable bonds is 8. The zero-order valence-corrected chi connectivity index (χ0v) is 25.1. The first kappa shape index (κ1) is 28.3. The highest BCUT2D eigenvalue weighted by Crippen LogP contribution is 2.56. The van der Waals surface area contributed by atoms with Crippen LogP contribution >= 0.6 is 11.6 Å². The van der Waals surface area contributed by atoms with Crippen LogP contribution in [0.1, 0.15) is 49.9 Å². The van der Waals surface area contributed by atoms with Crippen molar-refractivity contribution in [2.75, 3.05) is 0 Å². The predicted molar refractivity (Wildman–Crippen MR) is 177 cm³/mol. The van der Waals surface area contributed by atoms with Crippen LogP contribution in [0.4, 0.5) is 0 Å². The number of benzene rings is 6. The maximum atomic E-state index is 11.7. The van der Waals surface area contributed by atoms with Gasteiger partial charge in [-0.2, -0.15) is 0 Å². The van der Waals surface area contributed by atoms with Gasteiger partial charge in [-0.1, -0.05) is 72.8 Å². The zero-order valence-electron chi connectivity index (χ0n) is 24.4. The highest BCUT2D eigenvalue weighted by atomic mass is 35.5. The molecule has 0 saturated heterocycles. The third-order valence-electron chi connectivity index (χ3n) is 8.34. The quantitative estimate of drug-likeness (QED) is 0.128. The van der Waals surface area contributed by atoms with E-state index < -0.39 is 10.7 Å².